The number of nitrogens with zero attached hydrogens (tertiary/aromatic N) is 2. The number of aryl methyl sites for hydroxylation is 2. The van der Waals surface area contributed by atoms with E-state index in [4.69, 9.17) is 0 Å². The first-order chi connectivity index (χ1) is 13.7. The van der Waals surface area contributed by atoms with Crippen LogP contribution in [0.3, 0.4) is 0 Å². The molecule has 28 heavy (non-hydrogen) atoms. The smallest absolute Gasteiger partial charge is 0.0998 e. The second-order valence-corrected chi connectivity index (χ2v) is 7.67. The van der Waals surface area contributed by atoms with Gasteiger partial charge < -0.3 is 0 Å². The van der Waals surface area contributed by atoms with Crippen LogP contribution < -0.4 is 0 Å². The summed E-state index contributed by atoms with van der Waals surface area (Å²) in [4.78, 5) is 0. The van der Waals surface area contributed by atoms with E-state index in [9.17, 15) is 10.5 Å². The topological polar surface area (TPSA) is 47.6 Å². The molecule has 0 unspecified atom stereocenters. The molecule has 0 atom stereocenters. The number of nitriles is 2. The second-order valence-electron chi connectivity index (χ2n) is 7.67. The Labute approximate surface area is 166 Å². The highest BCUT2D eigenvalue weighted by atomic mass is 14.3. The van der Waals surface area contributed by atoms with Crippen LogP contribution in [0, 0.1) is 22.7 Å². The first-order valence-electron chi connectivity index (χ1n) is 10.3. The minimum absolute atomic E-state index is 0.741. The lowest BCUT2D eigenvalue weighted by Gasteiger charge is -2.18. The van der Waals surface area contributed by atoms with E-state index in [0.29, 0.717) is 0 Å². The molecule has 0 fully saturated rings. The summed E-state index contributed by atoms with van der Waals surface area (Å²) >= 11 is 0. The van der Waals surface area contributed by atoms with Crippen molar-refractivity contribution in [3.8, 4) is 12.1 Å². The fraction of sp³-hybridized carbons (Fsp3) is 0.308. The highest BCUT2D eigenvalue weighted by Crippen LogP contribution is 2.40. The Hall–Kier alpha value is -3.10. The summed E-state index contributed by atoms with van der Waals surface area (Å²) in [5.41, 5.74) is 3.98. The van der Waals surface area contributed by atoms with Gasteiger partial charge >= 0.3 is 0 Å². The van der Waals surface area contributed by atoms with Gasteiger partial charge in [-0.3, -0.25) is 0 Å². The van der Waals surface area contributed by atoms with Crippen LogP contribution in [0.25, 0.3) is 32.3 Å². The van der Waals surface area contributed by atoms with E-state index in [-0.39, 0.29) is 0 Å². The van der Waals surface area contributed by atoms with E-state index >= 15 is 0 Å². The minimum atomic E-state index is 0.741. The van der Waals surface area contributed by atoms with Gasteiger partial charge in [-0.1, -0.05) is 51.0 Å². The van der Waals surface area contributed by atoms with E-state index in [0.717, 1.165) is 71.2 Å². The van der Waals surface area contributed by atoms with Crippen LogP contribution in [-0.4, -0.2) is 0 Å². The van der Waals surface area contributed by atoms with Gasteiger partial charge in [0.1, 0.15) is 0 Å². The Morgan fingerprint density at radius 2 is 1.04 bits per heavy atom. The van der Waals surface area contributed by atoms with Crippen LogP contribution in [0.2, 0.25) is 0 Å². The van der Waals surface area contributed by atoms with Gasteiger partial charge in [-0.2, -0.15) is 10.5 Å². The van der Waals surface area contributed by atoms with Gasteiger partial charge in [0, 0.05) is 10.8 Å². The SMILES string of the molecule is CCCCc1cc(C#N)c2ccc3c(CCCC)cc(C#N)c4ccc1c2c43. The lowest BCUT2D eigenvalue weighted by atomic mass is 9.85. The van der Waals surface area contributed by atoms with E-state index in [1.54, 1.807) is 0 Å². The Bertz CT molecular complexity index is 1150. The minimum Gasteiger partial charge on any atom is -0.192 e. The average Bonchev–Trinajstić information content (AvgIpc) is 2.74. The predicted octanol–water partition coefficient (Wildman–Crippen LogP) is 7.01. The molecule has 0 amide bonds. The Morgan fingerprint density at radius 1 is 0.643 bits per heavy atom. The Balaban J connectivity index is 2.17. The van der Waals surface area contributed by atoms with Crippen LogP contribution in [0.5, 0.6) is 0 Å². The zero-order valence-corrected chi connectivity index (χ0v) is 16.6. The van der Waals surface area contributed by atoms with Gasteiger partial charge in [0.05, 0.1) is 23.3 Å². The van der Waals surface area contributed by atoms with Crippen molar-refractivity contribution in [3.05, 3.63) is 58.7 Å². The largest absolute Gasteiger partial charge is 0.192 e. The molecular weight excluding hydrogens is 340 g/mol. The molecule has 0 aliphatic heterocycles. The summed E-state index contributed by atoms with van der Waals surface area (Å²) in [6.07, 6.45) is 6.44. The maximum absolute atomic E-state index is 9.79. The average molecular weight is 364 g/mol. The van der Waals surface area contributed by atoms with E-state index in [2.05, 4.69) is 62.4 Å². The summed E-state index contributed by atoms with van der Waals surface area (Å²) < 4.78 is 0. The normalized spacial score (nSPS) is 11.3. The first kappa shape index (κ1) is 18.3. The van der Waals surface area contributed by atoms with E-state index < -0.39 is 0 Å². The summed E-state index contributed by atoms with van der Waals surface area (Å²) in [5.74, 6) is 0. The van der Waals surface area contributed by atoms with Crippen LogP contribution in [0.15, 0.2) is 36.4 Å². The van der Waals surface area contributed by atoms with Gasteiger partial charge in [0.25, 0.3) is 0 Å². The van der Waals surface area contributed by atoms with Crippen LogP contribution in [-0.2, 0) is 12.8 Å². The third kappa shape index (κ3) is 2.78. The molecule has 2 heteroatoms. The Morgan fingerprint density at radius 3 is 1.39 bits per heavy atom. The maximum Gasteiger partial charge on any atom is 0.0998 e. The van der Waals surface area contributed by atoms with Gasteiger partial charge in [-0.25, -0.2) is 0 Å². The second kappa shape index (κ2) is 7.49. The lowest BCUT2D eigenvalue weighted by molar-refractivity contribution is 0.798. The van der Waals surface area contributed by atoms with Crippen molar-refractivity contribution < 1.29 is 0 Å². The molecule has 0 aliphatic rings. The molecular formula is C26H24N2. The molecule has 138 valence electrons. The molecule has 0 N–H and O–H groups in total. The molecule has 0 spiro atoms. The highest BCUT2D eigenvalue weighted by Gasteiger charge is 2.18. The molecule has 2 nitrogen and oxygen atoms in total. The zero-order valence-electron chi connectivity index (χ0n) is 16.6. The quantitative estimate of drug-likeness (QED) is 0.345. The molecule has 4 aromatic carbocycles. The van der Waals surface area contributed by atoms with Crippen LogP contribution in [0.4, 0.5) is 0 Å². The van der Waals surface area contributed by atoms with E-state index in [1.165, 1.54) is 21.9 Å². The number of unbranched alkanes of at least 4 members (excludes halogenated alkanes) is 2. The number of benzene rings is 4. The monoisotopic (exact) mass is 364 g/mol. The molecule has 0 heterocycles. The maximum atomic E-state index is 9.79. The number of hydrogen-bond acceptors (Lipinski definition) is 2. The van der Waals surface area contributed by atoms with Crippen molar-refractivity contribution in [1.29, 1.82) is 10.5 Å². The van der Waals surface area contributed by atoms with Crippen molar-refractivity contribution in [3.63, 3.8) is 0 Å². The van der Waals surface area contributed by atoms with E-state index in [1.807, 2.05) is 0 Å². The number of rotatable bonds is 6. The third-order valence-corrected chi connectivity index (χ3v) is 5.91. The summed E-state index contributed by atoms with van der Waals surface area (Å²) in [7, 11) is 0. The molecule has 0 saturated heterocycles. The van der Waals surface area contributed by atoms with Crippen molar-refractivity contribution in [2.45, 2.75) is 52.4 Å². The summed E-state index contributed by atoms with van der Waals surface area (Å²) in [6, 6.07) is 17.5. The summed E-state index contributed by atoms with van der Waals surface area (Å²) in [5, 5.41) is 26.4. The molecule has 0 radical (unpaired) electrons. The molecule has 0 bridgehead atoms. The van der Waals surface area contributed by atoms with Gasteiger partial charge in [0.2, 0.25) is 0 Å². The molecule has 4 aromatic rings. The Kier molecular flexibility index (Phi) is 4.89. The first-order valence-corrected chi connectivity index (χ1v) is 10.3. The van der Waals surface area contributed by atoms with Crippen molar-refractivity contribution in [2.24, 2.45) is 0 Å². The predicted molar refractivity (Wildman–Crippen MR) is 117 cm³/mol. The fourth-order valence-corrected chi connectivity index (χ4v) is 4.47. The molecule has 0 aliphatic carbocycles. The lowest BCUT2D eigenvalue weighted by Crippen LogP contribution is -1.97. The van der Waals surface area contributed by atoms with Gasteiger partial charge in [-0.05, 0) is 70.5 Å². The fourth-order valence-electron chi connectivity index (χ4n) is 4.47. The molecule has 4 rings (SSSR count). The zero-order chi connectivity index (χ0) is 19.7. The summed E-state index contributed by atoms with van der Waals surface area (Å²) in [6.45, 7) is 4.39. The van der Waals surface area contributed by atoms with Crippen LogP contribution in [0.1, 0.15) is 61.8 Å². The van der Waals surface area contributed by atoms with Crippen molar-refractivity contribution in [2.75, 3.05) is 0 Å². The molecule has 0 saturated carbocycles. The van der Waals surface area contributed by atoms with Crippen molar-refractivity contribution in [1.82, 2.24) is 0 Å². The number of hydrogen-bond donors (Lipinski definition) is 0. The molecule has 0 aromatic heterocycles. The van der Waals surface area contributed by atoms with Gasteiger partial charge in [-0.15, -0.1) is 0 Å². The van der Waals surface area contributed by atoms with Crippen molar-refractivity contribution >= 4 is 32.3 Å². The third-order valence-electron chi connectivity index (χ3n) is 5.91. The van der Waals surface area contributed by atoms with Crippen LogP contribution >= 0.6 is 0 Å². The van der Waals surface area contributed by atoms with Gasteiger partial charge in [0.15, 0.2) is 0 Å². The standard InChI is InChI=1S/C26H24N2/c1-3-5-7-17-13-19(15-27)23-12-10-22-18(8-6-4-2)14-20(16-28)24-11-9-21(17)25(23)26(22)24/h9-14H,3-8H2,1-2H3. The highest BCUT2D eigenvalue weighted by molar-refractivity contribution is 6.26.